The van der Waals surface area contributed by atoms with Crippen molar-refractivity contribution in [1.29, 1.82) is 0 Å². The Balaban J connectivity index is 2.38. The van der Waals surface area contributed by atoms with E-state index in [0.29, 0.717) is 0 Å². The Kier molecular flexibility index (Phi) is 5.43. The van der Waals surface area contributed by atoms with Crippen LogP contribution in [0.15, 0.2) is 16.7 Å². The maximum absolute atomic E-state index is 5.50. The summed E-state index contributed by atoms with van der Waals surface area (Å²) >= 11 is 0. The number of nitrogens with zero attached hydrogens (tertiary/aromatic N) is 1. The molecule has 15 heavy (non-hydrogen) atoms. The van der Waals surface area contributed by atoms with Crippen LogP contribution in [-0.2, 0) is 13.1 Å². The van der Waals surface area contributed by atoms with Crippen LogP contribution in [0.3, 0.4) is 0 Å². The smallest absolute Gasteiger partial charge is 0.118 e. The summed E-state index contributed by atoms with van der Waals surface area (Å²) in [7, 11) is 2.12. The van der Waals surface area contributed by atoms with Gasteiger partial charge in [0.25, 0.3) is 0 Å². The van der Waals surface area contributed by atoms with Crippen LogP contribution in [-0.4, -0.2) is 25.0 Å². The van der Waals surface area contributed by atoms with Gasteiger partial charge in [0.05, 0.1) is 12.8 Å². The van der Waals surface area contributed by atoms with Crippen LogP contribution < -0.4 is 5.32 Å². The molecule has 0 saturated carbocycles. The van der Waals surface area contributed by atoms with E-state index in [4.69, 9.17) is 4.42 Å². The lowest BCUT2D eigenvalue weighted by Gasteiger charge is -2.12. The van der Waals surface area contributed by atoms with E-state index in [0.717, 1.165) is 31.9 Å². The van der Waals surface area contributed by atoms with Crippen LogP contribution in [0.5, 0.6) is 0 Å². The second kappa shape index (κ2) is 6.64. The maximum Gasteiger partial charge on any atom is 0.118 e. The van der Waals surface area contributed by atoms with Gasteiger partial charge < -0.3 is 9.73 Å². The van der Waals surface area contributed by atoms with Gasteiger partial charge >= 0.3 is 0 Å². The minimum absolute atomic E-state index is 0.900. The lowest BCUT2D eigenvalue weighted by molar-refractivity contribution is 0.295. The topological polar surface area (TPSA) is 28.4 Å². The molecule has 0 spiro atoms. The van der Waals surface area contributed by atoms with Crippen molar-refractivity contribution in [2.24, 2.45) is 0 Å². The van der Waals surface area contributed by atoms with Gasteiger partial charge in [-0.15, -0.1) is 0 Å². The van der Waals surface area contributed by atoms with E-state index in [1.807, 2.05) is 6.26 Å². The Labute approximate surface area is 92.5 Å². The van der Waals surface area contributed by atoms with Crippen LogP contribution in [0.25, 0.3) is 0 Å². The van der Waals surface area contributed by atoms with E-state index in [1.165, 1.54) is 12.0 Å². The van der Waals surface area contributed by atoms with Gasteiger partial charge in [-0.25, -0.2) is 0 Å². The normalized spacial score (nSPS) is 11.2. The summed E-state index contributed by atoms with van der Waals surface area (Å²) in [6, 6.07) is 2.13. The molecule has 1 aromatic rings. The first-order valence-electron chi connectivity index (χ1n) is 5.71. The highest BCUT2D eigenvalue weighted by atomic mass is 16.3. The Bertz CT molecular complexity index is 270. The molecule has 0 atom stereocenters. The number of hydrogen-bond acceptors (Lipinski definition) is 3. The molecule has 0 aliphatic heterocycles. The van der Waals surface area contributed by atoms with Crippen LogP contribution in [0.1, 0.15) is 31.6 Å². The summed E-state index contributed by atoms with van der Waals surface area (Å²) in [6.45, 7) is 8.21. The number of rotatable bonds is 7. The molecular weight excluding hydrogens is 188 g/mol. The first kappa shape index (κ1) is 12.3. The van der Waals surface area contributed by atoms with Gasteiger partial charge in [0.15, 0.2) is 0 Å². The Morgan fingerprint density at radius 3 is 2.87 bits per heavy atom. The molecule has 1 aromatic heterocycles. The van der Waals surface area contributed by atoms with Crippen molar-refractivity contribution >= 4 is 0 Å². The second-order valence-corrected chi connectivity index (χ2v) is 3.94. The van der Waals surface area contributed by atoms with Gasteiger partial charge in [0.2, 0.25) is 0 Å². The molecule has 1 heterocycles. The summed E-state index contributed by atoms with van der Waals surface area (Å²) in [5.74, 6) is 1.05. The van der Waals surface area contributed by atoms with Crippen LogP contribution in [0.2, 0.25) is 0 Å². The molecular formula is C12H22N2O. The van der Waals surface area contributed by atoms with Crippen molar-refractivity contribution in [3.05, 3.63) is 23.7 Å². The fourth-order valence-electron chi connectivity index (χ4n) is 1.60. The Hall–Kier alpha value is -0.800. The van der Waals surface area contributed by atoms with E-state index >= 15 is 0 Å². The molecule has 0 saturated heterocycles. The van der Waals surface area contributed by atoms with Crippen molar-refractivity contribution in [2.45, 2.75) is 33.4 Å². The predicted molar refractivity (Wildman–Crippen MR) is 62.7 cm³/mol. The van der Waals surface area contributed by atoms with E-state index in [-0.39, 0.29) is 0 Å². The van der Waals surface area contributed by atoms with E-state index in [9.17, 15) is 0 Å². The average molecular weight is 210 g/mol. The van der Waals surface area contributed by atoms with Crippen molar-refractivity contribution in [1.82, 2.24) is 10.2 Å². The fourth-order valence-corrected chi connectivity index (χ4v) is 1.60. The minimum Gasteiger partial charge on any atom is -0.468 e. The van der Waals surface area contributed by atoms with Gasteiger partial charge in [0.1, 0.15) is 5.76 Å². The summed E-state index contributed by atoms with van der Waals surface area (Å²) in [4.78, 5) is 2.27. The summed E-state index contributed by atoms with van der Waals surface area (Å²) in [5, 5.41) is 3.28. The molecule has 1 rings (SSSR count). The van der Waals surface area contributed by atoms with Crippen LogP contribution in [0.4, 0.5) is 0 Å². The van der Waals surface area contributed by atoms with Gasteiger partial charge in [-0.05, 0) is 32.6 Å². The monoisotopic (exact) mass is 210 g/mol. The number of hydrogen-bond donors (Lipinski definition) is 1. The molecule has 0 aliphatic carbocycles. The minimum atomic E-state index is 0.900. The molecule has 1 N–H and O–H groups in total. The Morgan fingerprint density at radius 1 is 1.40 bits per heavy atom. The fraction of sp³-hybridized carbons (Fsp3) is 0.667. The third-order valence-corrected chi connectivity index (χ3v) is 2.32. The highest BCUT2D eigenvalue weighted by molar-refractivity contribution is 5.12. The van der Waals surface area contributed by atoms with E-state index < -0.39 is 0 Å². The highest BCUT2D eigenvalue weighted by Gasteiger charge is 2.04. The first-order chi connectivity index (χ1) is 7.26. The van der Waals surface area contributed by atoms with Crippen LogP contribution in [0, 0.1) is 0 Å². The molecule has 86 valence electrons. The van der Waals surface area contributed by atoms with Gasteiger partial charge in [-0.3, -0.25) is 4.90 Å². The molecule has 0 aliphatic rings. The van der Waals surface area contributed by atoms with Crippen molar-refractivity contribution in [3.63, 3.8) is 0 Å². The van der Waals surface area contributed by atoms with Crippen molar-refractivity contribution in [2.75, 3.05) is 20.1 Å². The summed E-state index contributed by atoms with van der Waals surface area (Å²) in [6.07, 6.45) is 3.03. The van der Waals surface area contributed by atoms with Gasteiger partial charge in [-0.2, -0.15) is 0 Å². The van der Waals surface area contributed by atoms with E-state index in [1.54, 1.807) is 0 Å². The van der Waals surface area contributed by atoms with Gasteiger partial charge in [0, 0.05) is 12.1 Å². The molecule has 0 unspecified atom stereocenters. The Morgan fingerprint density at radius 2 is 2.20 bits per heavy atom. The highest BCUT2D eigenvalue weighted by Crippen LogP contribution is 2.09. The largest absolute Gasteiger partial charge is 0.468 e. The third-order valence-electron chi connectivity index (χ3n) is 2.32. The number of furan rings is 1. The zero-order valence-electron chi connectivity index (χ0n) is 10.0. The molecule has 0 fully saturated rings. The number of nitrogens with one attached hydrogen (secondary N) is 1. The molecule has 0 amide bonds. The van der Waals surface area contributed by atoms with Crippen molar-refractivity contribution in [3.8, 4) is 0 Å². The molecule has 3 nitrogen and oxygen atoms in total. The standard InChI is InChI=1S/C12H22N2O/c1-4-6-14(3)9-12-7-11(10-15-12)8-13-5-2/h7,10,13H,4-6,8-9H2,1-3H3. The van der Waals surface area contributed by atoms with E-state index in [2.05, 4.69) is 37.2 Å². The quantitative estimate of drug-likeness (QED) is 0.748. The molecule has 0 bridgehead atoms. The summed E-state index contributed by atoms with van der Waals surface area (Å²) < 4.78 is 5.50. The predicted octanol–water partition coefficient (Wildman–Crippen LogP) is 2.23. The van der Waals surface area contributed by atoms with Gasteiger partial charge in [-0.1, -0.05) is 13.8 Å². The maximum atomic E-state index is 5.50. The summed E-state index contributed by atoms with van der Waals surface area (Å²) in [5.41, 5.74) is 1.23. The zero-order valence-corrected chi connectivity index (χ0v) is 10.0. The lowest BCUT2D eigenvalue weighted by Crippen LogP contribution is -2.18. The molecule has 3 heteroatoms. The SMILES string of the molecule is CCCN(C)Cc1cc(CNCC)co1. The lowest BCUT2D eigenvalue weighted by atomic mass is 10.3. The van der Waals surface area contributed by atoms with Crippen LogP contribution >= 0.6 is 0 Å². The zero-order chi connectivity index (χ0) is 11.1. The molecule has 0 aromatic carbocycles. The molecule has 0 radical (unpaired) electrons. The second-order valence-electron chi connectivity index (χ2n) is 3.94. The van der Waals surface area contributed by atoms with Crippen molar-refractivity contribution < 1.29 is 4.42 Å². The average Bonchev–Trinajstić information content (AvgIpc) is 2.63. The first-order valence-corrected chi connectivity index (χ1v) is 5.71. The third kappa shape index (κ3) is 4.49.